The zero-order valence-corrected chi connectivity index (χ0v) is 14.5. The Morgan fingerprint density at radius 2 is 2.12 bits per heavy atom. The minimum absolute atomic E-state index is 0.0114. The first-order valence-electron chi connectivity index (χ1n) is 8.44. The molecule has 2 unspecified atom stereocenters. The predicted molar refractivity (Wildman–Crippen MR) is 92.9 cm³/mol. The predicted octanol–water partition coefficient (Wildman–Crippen LogP) is 0.601. The van der Waals surface area contributed by atoms with E-state index in [0.29, 0.717) is 18.9 Å². The molecule has 2 heterocycles. The summed E-state index contributed by atoms with van der Waals surface area (Å²) in [5.41, 5.74) is 8.93. The topological polar surface area (TPSA) is 96.7 Å². The highest BCUT2D eigenvalue weighted by molar-refractivity contribution is 5.97. The van der Waals surface area contributed by atoms with Gasteiger partial charge in [-0.1, -0.05) is 30.3 Å². The van der Waals surface area contributed by atoms with Crippen molar-refractivity contribution in [2.24, 2.45) is 5.73 Å². The molecule has 1 aromatic carbocycles. The third-order valence-electron chi connectivity index (χ3n) is 4.72. The van der Waals surface area contributed by atoms with Gasteiger partial charge in [-0.05, 0) is 31.9 Å². The van der Waals surface area contributed by atoms with Gasteiger partial charge >= 0.3 is 0 Å². The minimum atomic E-state index is -1.11. The van der Waals surface area contributed by atoms with Crippen molar-refractivity contribution in [3.8, 4) is 0 Å². The maximum absolute atomic E-state index is 12.8. The summed E-state index contributed by atoms with van der Waals surface area (Å²) in [4.78, 5) is 24.7. The molecule has 2 aliphatic rings. The number of nitrogens with zero attached hydrogens (tertiary/aromatic N) is 1. The number of ether oxygens (including phenoxy) is 1. The first kappa shape index (κ1) is 17.4. The zero-order valence-electron chi connectivity index (χ0n) is 14.5. The zero-order chi connectivity index (χ0) is 18.0. The number of hydrogen-bond acceptors (Lipinski definition) is 5. The van der Waals surface area contributed by atoms with E-state index >= 15 is 0 Å². The fourth-order valence-corrected chi connectivity index (χ4v) is 3.08. The maximum atomic E-state index is 12.8. The van der Waals surface area contributed by atoms with E-state index in [4.69, 9.17) is 10.5 Å². The molecule has 1 fully saturated rings. The van der Waals surface area contributed by atoms with Crippen LogP contribution < -0.4 is 16.5 Å². The largest absolute Gasteiger partial charge is 0.379 e. The number of nitrogens with one attached hydrogen (secondary N) is 2. The number of carbonyl (C=O) groups excluding carboxylic acids is 2. The number of amides is 2. The van der Waals surface area contributed by atoms with E-state index in [1.165, 1.54) is 0 Å². The van der Waals surface area contributed by atoms with Gasteiger partial charge in [0.1, 0.15) is 11.2 Å². The standard InChI is InChI=1S/C18H24N4O3/c1-12(13-6-4-3-5-7-13)22-15(10-18(2,21-22)17(19)24)16(23)20-14-8-9-25-11-14/h3-7,10,12,14,21H,8-9,11H2,1-2H3,(H2,19,24)(H,20,23)/t12-,14?,18?/m0/s1. The molecule has 25 heavy (non-hydrogen) atoms. The summed E-state index contributed by atoms with van der Waals surface area (Å²) >= 11 is 0. The average Bonchev–Trinajstić information content (AvgIpc) is 3.23. The van der Waals surface area contributed by atoms with Crippen molar-refractivity contribution in [3.05, 3.63) is 47.7 Å². The molecule has 3 rings (SSSR count). The Labute approximate surface area is 147 Å². The second-order valence-corrected chi connectivity index (χ2v) is 6.70. The minimum Gasteiger partial charge on any atom is -0.379 e. The van der Waals surface area contributed by atoms with Crippen molar-refractivity contribution < 1.29 is 14.3 Å². The molecular formula is C18H24N4O3. The molecule has 7 nitrogen and oxygen atoms in total. The van der Waals surface area contributed by atoms with Crippen molar-refractivity contribution in [2.75, 3.05) is 13.2 Å². The van der Waals surface area contributed by atoms with E-state index in [-0.39, 0.29) is 18.0 Å². The molecular weight excluding hydrogens is 320 g/mol. The summed E-state index contributed by atoms with van der Waals surface area (Å²) in [6.07, 6.45) is 2.38. The lowest BCUT2D eigenvalue weighted by atomic mass is 10.0. The van der Waals surface area contributed by atoms with Crippen LogP contribution in [0.2, 0.25) is 0 Å². The number of benzene rings is 1. The van der Waals surface area contributed by atoms with Crippen molar-refractivity contribution in [1.29, 1.82) is 0 Å². The number of nitrogens with two attached hydrogens (primary N) is 1. The first-order chi connectivity index (χ1) is 11.9. The second-order valence-electron chi connectivity index (χ2n) is 6.70. The molecule has 0 aliphatic carbocycles. The van der Waals surface area contributed by atoms with E-state index in [2.05, 4.69) is 10.7 Å². The van der Waals surface area contributed by atoms with Crippen LogP contribution in [0.15, 0.2) is 42.1 Å². The fourth-order valence-electron chi connectivity index (χ4n) is 3.08. The number of hydrazine groups is 1. The van der Waals surface area contributed by atoms with Crippen molar-refractivity contribution in [1.82, 2.24) is 15.8 Å². The van der Waals surface area contributed by atoms with E-state index in [0.717, 1.165) is 12.0 Å². The van der Waals surface area contributed by atoms with E-state index in [1.807, 2.05) is 37.3 Å². The molecule has 4 N–H and O–H groups in total. The number of hydrogen-bond donors (Lipinski definition) is 3. The highest BCUT2D eigenvalue weighted by Crippen LogP contribution is 2.30. The number of carbonyl (C=O) groups is 2. The van der Waals surface area contributed by atoms with Crippen LogP contribution in [0, 0.1) is 0 Å². The van der Waals surface area contributed by atoms with Gasteiger partial charge in [0.15, 0.2) is 0 Å². The average molecular weight is 344 g/mol. The van der Waals surface area contributed by atoms with Crippen LogP contribution in [0.1, 0.15) is 31.9 Å². The molecule has 1 aromatic rings. The Morgan fingerprint density at radius 1 is 1.40 bits per heavy atom. The van der Waals surface area contributed by atoms with Gasteiger partial charge < -0.3 is 15.8 Å². The number of rotatable bonds is 5. The summed E-state index contributed by atoms with van der Waals surface area (Å²) in [6.45, 7) is 4.78. The van der Waals surface area contributed by atoms with Gasteiger partial charge in [0.05, 0.1) is 18.7 Å². The molecule has 0 saturated carbocycles. The third-order valence-corrected chi connectivity index (χ3v) is 4.72. The summed E-state index contributed by atoms with van der Waals surface area (Å²) in [6, 6.07) is 9.61. The van der Waals surface area contributed by atoms with Crippen LogP contribution >= 0.6 is 0 Å². The van der Waals surface area contributed by atoms with E-state index in [9.17, 15) is 9.59 Å². The molecule has 1 saturated heterocycles. The molecule has 0 radical (unpaired) electrons. The van der Waals surface area contributed by atoms with E-state index < -0.39 is 11.4 Å². The van der Waals surface area contributed by atoms with Crippen LogP contribution in [0.5, 0.6) is 0 Å². The Balaban J connectivity index is 1.86. The van der Waals surface area contributed by atoms with Crippen molar-refractivity contribution >= 4 is 11.8 Å². The Kier molecular flexibility index (Phi) is 4.78. The Morgan fingerprint density at radius 3 is 2.72 bits per heavy atom. The van der Waals surface area contributed by atoms with Crippen LogP contribution in [0.3, 0.4) is 0 Å². The van der Waals surface area contributed by atoms with Gasteiger partial charge in [-0.25, -0.2) is 5.43 Å². The van der Waals surface area contributed by atoms with Crippen molar-refractivity contribution in [3.63, 3.8) is 0 Å². The van der Waals surface area contributed by atoms with Crippen molar-refractivity contribution in [2.45, 2.75) is 37.9 Å². The second kappa shape index (κ2) is 6.85. The van der Waals surface area contributed by atoms with Crippen LogP contribution in [0.4, 0.5) is 0 Å². The molecule has 0 bridgehead atoms. The van der Waals surface area contributed by atoms with Crippen LogP contribution in [0.25, 0.3) is 0 Å². The van der Waals surface area contributed by atoms with Gasteiger partial charge in [0, 0.05) is 6.61 Å². The Bertz CT molecular complexity index is 685. The monoisotopic (exact) mass is 344 g/mol. The maximum Gasteiger partial charge on any atom is 0.269 e. The summed E-state index contributed by atoms with van der Waals surface area (Å²) < 4.78 is 5.31. The summed E-state index contributed by atoms with van der Waals surface area (Å²) in [5, 5.41) is 4.68. The molecule has 3 atom stereocenters. The lowest BCUT2D eigenvalue weighted by Gasteiger charge is -2.32. The molecule has 2 aliphatic heterocycles. The van der Waals surface area contributed by atoms with Crippen LogP contribution in [-0.4, -0.2) is 41.6 Å². The highest BCUT2D eigenvalue weighted by atomic mass is 16.5. The molecule has 2 amide bonds. The molecule has 0 spiro atoms. The quantitative estimate of drug-likeness (QED) is 0.727. The van der Waals surface area contributed by atoms with Gasteiger partial charge in [0.2, 0.25) is 5.91 Å². The first-order valence-corrected chi connectivity index (χ1v) is 8.44. The fraction of sp³-hybridized carbons (Fsp3) is 0.444. The van der Waals surface area contributed by atoms with Gasteiger partial charge in [-0.3, -0.25) is 14.6 Å². The molecule has 134 valence electrons. The molecule has 0 aromatic heterocycles. The summed E-state index contributed by atoms with van der Waals surface area (Å²) in [7, 11) is 0. The van der Waals surface area contributed by atoms with Crippen LogP contribution in [-0.2, 0) is 14.3 Å². The third kappa shape index (κ3) is 3.52. The smallest absolute Gasteiger partial charge is 0.269 e. The SMILES string of the molecule is C[C@@H](c1ccccc1)N1NC(C)(C(N)=O)C=C1C(=O)NC1CCOC1. The summed E-state index contributed by atoms with van der Waals surface area (Å²) in [5.74, 6) is -0.777. The lowest BCUT2D eigenvalue weighted by Crippen LogP contribution is -2.54. The van der Waals surface area contributed by atoms with E-state index in [1.54, 1.807) is 18.0 Å². The van der Waals surface area contributed by atoms with Gasteiger partial charge in [-0.2, -0.15) is 0 Å². The Hall–Kier alpha value is -2.38. The normalized spacial score (nSPS) is 27.0. The number of primary amides is 1. The molecule has 7 heteroatoms. The lowest BCUT2D eigenvalue weighted by molar-refractivity contribution is -0.124. The highest BCUT2D eigenvalue weighted by Gasteiger charge is 2.42. The van der Waals surface area contributed by atoms with Gasteiger partial charge in [-0.15, -0.1) is 0 Å². The van der Waals surface area contributed by atoms with Gasteiger partial charge in [0.25, 0.3) is 5.91 Å².